The number of nitrogens with zero attached hydrogens (tertiary/aromatic N) is 2. The molecule has 1 aromatic heterocycles. The van der Waals surface area contributed by atoms with Crippen molar-refractivity contribution in [3.05, 3.63) is 52.7 Å². The number of para-hydroxylation sites is 1. The molecule has 1 aliphatic rings. The van der Waals surface area contributed by atoms with Crippen LogP contribution in [0.25, 0.3) is 0 Å². The molecule has 2 heterocycles. The summed E-state index contributed by atoms with van der Waals surface area (Å²) < 4.78 is 0. The van der Waals surface area contributed by atoms with Crippen molar-refractivity contribution in [3.63, 3.8) is 0 Å². The van der Waals surface area contributed by atoms with Crippen molar-refractivity contribution >= 4 is 28.7 Å². The summed E-state index contributed by atoms with van der Waals surface area (Å²) in [7, 11) is 0. The van der Waals surface area contributed by atoms with E-state index in [9.17, 15) is 9.59 Å². The van der Waals surface area contributed by atoms with Crippen molar-refractivity contribution in [1.82, 2.24) is 4.90 Å². The molecule has 0 radical (unpaired) electrons. The standard InChI is InChI=1S/C23H30N2O2S/c1-3-21(26)23(25(22(27)4-2)19-9-6-5-7-10-19)13-16-24(17-14-23)15-12-20-11-8-18-28-20/h5-11,18H,3-4,12-17H2,1-2H3. The van der Waals surface area contributed by atoms with Crippen LogP contribution in [0.5, 0.6) is 0 Å². The summed E-state index contributed by atoms with van der Waals surface area (Å²) in [5.41, 5.74) is 0.117. The summed E-state index contributed by atoms with van der Waals surface area (Å²) in [4.78, 5) is 31.8. The molecule has 150 valence electrons. The van der Waals surface area contributed by atoms with Crippen molar-refractivity contribution in [2.75, 3.05) is 24.5 Å². The van der Waals surface area contributed by atoms with Crippen molar-refractivity contribution in [1.29, 1.82) is 0 Å². The van der Waals surface area contributed by atoms with Gasteiger partial charge in [0.05, 0.1) is 0 Å². The van der Waals surface area contributed by atoms with Gasteiger partial charge in [0.25, 0.3) is 0 Å². The van der Waals surface area contributed by atoms with E-state index in [4.69, 9.17) is 0 Å². The number of carbonyl (C=O) groups excluding carboxylic acids is 2. The van der Waals surface area contributed by atoms with Crippen LogP contribution in [0, 0.1) is 0 Å². The van der Waals surface area contributed by atoms with Crippen LogP contribution in [0.1, 0.15) is 44.4 Å². The van der Waals surface area contributed by atoms with Gasteiger partial charge in [0, 0.05) is 43.0 Å². The Morgan fingerprint density at radius 2 is 1.75 bits per heavy atom. The van der Waals surface area contributed by atoms with Crippen molar-refractivity contribution in [2.45, 2.75) is 51.5 Å². The lowest BCUT2D eigenvalue weighted by molar-refractivity contribution is -0.130. The van der Waals surface area contributed by atoms with Crippen LogP contribution in [-0.2, 0) is 16.0 Å². The molecule has 0 aliphatic carbocycles. The van der Waals surface area contributed by atoms with Crippen molar-refractivity contribution in [3.8, 4) is 0 Å². The van der Waals surface area contributed by atoms with E-state index in [1.54, 1.807) is 11.3 Å². The highest BCUT2D eigenvalue weighted by Gasteiger charge is 2.47. The molecule has 0 atom stereocenters. The van der Waals surface area contributed by atoms with Gasteiger partial charge in [-0.2, -0.15) is 0 Å². The van der Waals surface area contributed by atoms with Crippen LogP contribution in [0.15, 0.2) is 47.8 Å². The van der Waals surface area contributed by atoms with Gasteiger partial charge in [-0.3, -0.25) is 14.5 Å². The van der Waals surface area contributed by atoms with Gasteiger partial charge in [0.15, 0.2) is 5.78 Å². The molecule has 0 N–H and O–H groups in total. The maximum Gasteiger partial charge on any atom is 0.227 e. The van der Waals surface area contributed by atoms with Crippen LogP contribution in [0.4, 0.5) is 5.69 Å². The van der Waals surface area contributed by atoms with E-state index in [1.807, 2.05) is 49.1 Å². The van der Waals surface area contributed by atoms with Crippen LogP contribution in [0.2, 0.25) is 0 Å². The van der Waals surface area contributed by atoms with Crippen molar-refractivity contribution < 1.29 is 9.59 Å². The quantitative estimate of drug-likeness (QED) is 0.655. The lowest BCUT2D eigenvalue weighted by Gasteiger charge is -2.47. The van der Waals surface area contributed by atoms with E-state index in [1.165, 1.54) is 4.88 Å². The Labute approximate surface area is 172 Å². The summed E-state index contributed by atoms with van der Waals surface area (Å²) in [5, 5.41) is 2.12. The zero-order valence-electron chi connectivity index (χ0n) is 16.9. The number of hydrogen-bond acceptors (Lipinski definition) is 4. The average molecular weight is 399 g/mol. The summed E-state index contributed by atoms with van der Waals surface area (Å²) in [6.07, 6.45) is 3.30. The number of anilines is 1. The molecule has 2 aromatic rings. The zero-order valence-corrected chi connectivity index (χ0v) is 17.7. The molecule has 0 bridgehead atoms. The van der Waals surface area contributed by atoms with E-state index < -0.39 is 5.54 Å². The number of ketones is 1. The smallest absolute Gasteiger partial charge is 0.227 e. The third-order valence-electron chi connectivity index (χ3n) is 5.77. The molecular formula is C23H30N2O2S. The molecule has 5 heteroatoms. The molecule has 1 fully saturated rings. The number of rotatable bonds is 8. The molecule has 1 aliphatic heterocycles. The highest BCUT2D eigenvalue weighted by Crippen LogP contribution is 2.36. The number of carbonyl (C=O) groups is 2. The fraction of sp³-hybridized carbons (Fsp3) is 0.478. The molecule has 3 rings (SSSR count). The number of Topliss-reactive ketones (excluding diaryl/α,β-unsaturated/α-hetero) is 1. The van der Waals surface area contributed by atoms with Crippen LogP contribution in [0.3, 0.4) is 0 Å². The Kier molecular flexibility index (Phi) is 7.03. The molecule has 28 heavy (non-hydrogen) atoms. The molecule has 0 spiro atoms. The Bertz CT molecular complexity index is 765. The number of benzene rings is 1. The fourth-order valence-electron chi connectivity index (χ4n) is 4.19. The SMILES string of the molecule is CCC(=O)N(c1ccccc1)C1(C(=O)CC)CCN(CCc2cccs2)CC1. The third-order valence-corrected chi connectivity index (χ3v) is 6.71. The summed E-state index contributed by atoms with van der Waals surface area (Å²) >= 11 is 1.80. The van der Waals surface area contributed by atoms with Gasteiger partial charge in [0.2, 0.25) is 5.91 Å². The van der Waals surface area contributed by atoms with Gasteiger partial charge in [-0.1, -0.05) is 38.1 Å². The van der Waals surface area contributed by atoms with E-state index in [0.29, 0.717) is 25.7 Å². The maximum atomic E-state index is 13.2. The van der Waals surface area contributed by atoms with Gasteiger partial charge in [-0.25, -0.2) is 0 Å². The Morgan fingerprint density at radius 3 is 2.32 bits per heavy atom. The Morgan fingerprint density at radius 1 is 1.04 bits per heavy atom. The number of likely N-dealkylation sites (tertiary alicyclic amines) is 1. The minimum Gasteiger partial charge on any atom is -0.303 e. The number of thiophene rings is 1. The summed E-state index contributed by atoms with van der Waals surface area (Å²) in [5.74, 6) is 0.205. The largest absolute Gasteiger partial charge is 0.303 e. The predicted octanol–water partition coefficient (Wildman–Crippen LogP) is 4.55. The Hall–Kier alpha value is -1.98. The first-order chi connectivity index (χ1) is 13.6. The summed E-state index contributed by atoms with van der Waals surface area (Å²) in [6, 6.07) is 14.0. The van der Waals surface area contributed by atoms with E-state index >= 15 is 0 Å². The normalized spacial score (nSPS) is 16.6. The van der Waals surface area contributed by atoms with Crippen LogP contribution in [-0.4, -0.2) is 41.8 Å². The minimum absolute atomic E-state index is 0.0278. The molecule has 0 unspecified atom stereocenters. The first-order valence-corrected chi connectivity index (χ1v) is 11.1. The van der Waals surface area contributed by atoms with Crippen LogP contribution < -0.4 is 4.90 Å². The topological polar surface area (TPSA) is 40.6 Å². The second-order valence-corrected chi connectivity index (χ2v) is 8.43. The van der Waals surface area contributed by atoms with Crippen molar-refractivity contribution in [2.24, 2.45) is 0 Å². The molecule has 1 amide bonds. The van der Waals surface area contributed by atoms with Gasteiger partial charge in [0.1, 0.15) is 5.54 Å². The Balaban J connectivity index is 1.80. The second kappa shape index (κ2) is 9.48. The zero-order chi connectivity index (χ0) is 20.0. The van der Waals surface area contributed by atoms with E-state index in [0.717, 1.165) is 31.7 Å². The first kappa shape index (κ1) is 20.7. The van der Waals surface area contributed by atoms with Gasteiger partial charge < -0.3 is 4.90 Å². The molecular weight excluding hydrogens is 368 g/mol. The average Bonchev–Trinajstić information content (AvgIpc) is 3.27. The monoisotopic (exact) mass is 398 g/mol. The highest BCUT2D eigenvalue weighted by molar-refractivity contribution is 7.09. The lowest BCUT2D eigenvalue weighted by Crippen LogP contribution is -2.62. The minimum atomic E-state index is -0.720. The number of hydrogen-bond donors (Lipinski definition) is 0. The molecule has 1 saturated heterocycles. The molecule has 1 aromatic carbocycles. The van der Waals surface area contributed by atoms with Crippen LogP contribution >= 0.6 is 11.3 Å². The third kappa shape index (κ3) is 4.36. The first-order valence-electron chi connectivity index (χ1n) is 10.3. The fourth-order valence-corrected chi connectivity index (χ4v) is 4.89. The highest BCUT2D eigenvalue weighted by atomic mass is 32.1. The summed E-state index contributed by atoms with van der Waals surface area (Å²) in [6.45, 7) is 6.48. The number of piperidine rings is 1. The second-order valence-electron chi connectivity index (χ2n) is 7.40. The lowest BCUT2D eigenvalue weighted by atomic mass is 9.79. The molecule has 0 saturated carbocycles. The van der Waals surface area contributed by atoms with Gasteiger partial charge in [-0.05, 0) is 42.8 Å². The predicted molar refractivity (Wildman–Crippen MR) is 116 cm³/mol. The van der Waals surface area contributed by atoms with E-state index in [-0.39, 0.29) is 11.7 Å². The maximum absolute atomic E-state index is 13.2. The van der Waals surface area contributed by atoms with E-state index in [2.05, 4.69) is 22.4 Å². The number of amides is 1. The van der Waals surface area contributed by atoms with Gasteiger partial charge in [-0.15, -0.1) is 11.3 Å². The van der Waals surface area contributed by atoms with Gasteiger partial charge >= 0.3 is 0 Å². The molecule has 4 nitrogen and oxygen atoms in total.